The monoisotopic (exact) mass is 282 g/mol. The van der Waals surface area contributed by atoms with E-state index < -0.39 is 0 Å². The van der Waals surface area contributed by atoms with Crippen LogP contribution in [0.3, 0.4) is 0 Å². The minimum Gasteiger partial charge on any atom is -0.305 e. The van der Waals surface area contributed by atoms with Gasteiger partial charge in [0.1, 0.15) is 0 Å². The third kappa shape index (κ3) is 3.54. The second-order valence-corrected chi connectivity index (χ2v) is 6.10. The summed E-state index contributed by atoms with van der Waals surface area (Å²) in [6.45, 7) is 6.35. The number of nitrogens with zero attached hydrogens (tertiary/aromatic N) is 2. The molecule has 1 saturated heterocycles. The standard InChI is InChI=1S/C13H22N4OS/c1-10-8-16(2)5-3-6-17(10)9-11-4-7-19-12(11)13(18)15-14/h4,7,10H,3,5-6,8-9,14H2,1-2H3,(H,15,18). The molecular weight excluding hydrogens is 260 g/mol. The Kier molecular flexibility index (Phi) is 4.93. The van der Waals surface area contributed by atoms with Crippen molar-refractivity contribution in [1.82, 2.24) is 15.2 Å². The zero-order valence-corrected chi connectivity index (χ0v) is 12.4. The van der Waals surface area contributed by atoms with E-state index in [1.807, 2.05) is 11.4 Å². The Bertz CT molecular complexity index is 434. The summed E-state index contributed by atoms with van der Waals surface area (Å²) in [6, 6.07) is 2.53. The molecule has 1 fully saturated rings. The maximum atomic E-state index is 11.7. The molecule has 0 bridgehead atoms. The Hall–Kier alpha value is -0.950. The fourth-order valence-electron chi connectivity index (χ4n) is 2.60. The molecule has 2 rings (SSSR count). The van der Waals surface area contributed by atoms with E-state index in [0.717, 1.165) is 36.6 Å². The van der Waals surface area contributed by atoms with Crippen LogP contribution in [0, 0.1) is 0 Å². The van der Waals surface area contributed by atoms with Gasteiger partial charge < -0.3 is 4.90 Å². The molecule has 0 aromatic carbocycles. The molecule has 1 amide bonds. The summed E-state index contributed by atoms with van der Waals surface area (Å²) in [6.07, 6.45) is 1.17. The number of rotatable bonds is 3. The smallest absolute Gasteiger partial charge is 0.275 e. The summed E-state index contributed by atoms with van der Waals surface area (Å²) in [7, 11) is 2.16. The SMILES string of the molecule is CC1CN(C)CCCN1Cc1ccsc1C(=O)NN. The van der Waals surface area contributed by atoms with Gasteiger partial charge in [0.2, 0.25) is 0 Å². The summed E-state index contributed by atoms with van der Waals surface area (Å²) in [5.74, 6) is 5.03. The van der Waals surface area contributed by atoms with Gasteiger partial charge in [-0.2, -0.15) is 0 Å². The Balaban J connectivity index is 2.08. The number of hydrazine groups is 1. The van der Waals surface area contributed by atoms with Gasteiger partial charge in [0.05, 0.1) is 4.88 Å². The number of likely N-dealkylation sites (N-methyl/N-ethyl adjacent to an activating group) is 1. The van der Waals surface area contributed by atoms with Crippen LogP contribution < -0.4 is 11.3 Å². The van der Waals surface area contributed by atoms with E-state index in [1.54, 1.807) is 0 Å². The van der Waals surface area contributed by atoms with E-state index in [9.17, 15) is 4.79 Å². The van der Waals surface area contributed by atoms with Crippen LogP contribution in [0.5, 0.6) is 0 Å². The largest absolute Gasteiger partial charge is 0.305 e. The molecule has 5 nitrogen and oxygen atoms in total. The summed E-state index contributed by atoms with van der Waals surface area (Å²) in [5.41, 5.74) is 3.29. The molecule has 1 aromatic rings. The highest BCUT2D eigenvalue weighted by atomic mass is 32.1. The van der Waals surface area contributed by atoms with Crippen LogP contribution in [0.1, 0.15) is 28.6 Å². The maximum Gasteiger partial charge on any atom is 0.275 e. The van der Waals surface area contributed by atoms with Crippen LogP contribution in [-0.4, -0.2) is 48.4 Å². The summed E-state index contributed by atoms with van der Waals surface area (Å²) < 4.78 is 0. The predicted octanol–water partition coefficient (Wildman–Crippen LogP) is 0.878. The van der Waals surface area contributed by atoms with E-state index in [4.69, 9.17) is 5.84 Å². The number of hydrogen-bond acceptors (Lipinski definition) is 5. The molecule has 0 radical (unpaired) electrons. The van der Waals surface area contributed by atoms with Crippen molar-refractivity contribution in [1.29, 1.82) is 0 Å². The van der Waals surface area contributed by atoms with Gasteiger partial charge in [-0.25, -0.2) is 5.84 Å². The van der Waals surface area contributed by atoms with E-state index in [2.05, 4.69) is 29.2 Å². The van der Waals surface area contributed by atoms with E-state index in [-0.39, 0.29) is 5.91 Å². The van der Waals surface area contributed by atoms with Gasteiger partial charge in [0.15, 0.2) is 0 Å². The van der Waals surface area contributed by atoms with Crippen molar-refractivity contribution in [3.05, 3.63) is 21.9 Å². The highest BCUT2D eigenvalue weighted by Crippen LogP contribution is 2.20. The first-order valence-electron chi connectivity index (χ1n) is 6.61. The van der Waals surface area contributed by atoms with Crippen LogP contribution >= 0.6 is 11.3 Å². The molecule has 1 aromatic heterocycles. The number of amides is 1. The van der Waals surface area contributed by atoms with Crippen LogP contribution in [0.15, 0.2) is 11.4 Å². The molecule has 0 aliphatic carbocycles. The molecule has 1 atom stereocenters. The lowest BCUT2D eigenvalue weighted by molar-refractivity contribution is 0.0955. The van der Waals surface area contributed by atoms with Crippen molar-refractivity contribution < 1.29 is 4.79 Å². The van der Waals surface area contributed by atoms with Gasteiger partial charge in [-0.1, -0.05) is 0 Å². The average molecular weight is 282 g/mol. The molecule has 0 spiro atoms. The van der Waals surface area contributed by atoms with Crippen LogP contribution in [0.2, 0.25) is 0 Å². The van der Waals surface area contributed by atoms with Crippen LogP contribution in [0.4, 0.5) is 0 Å². The Morgan fingerprint density at radius 2 is 2.37 bits per heavy atom. The number of nitrogens with one attached hydrogen (secondary N) is 1. The number of thiophene rings is 1. The number of nitrogens with two attached hydrogens (primary N) is 1. The van der Waals surface area contributed by atoms with Gasteiger partial charge in [0, 0.05) is 25.7 Å². The van der Waals surface area contributed by atoms with Crippen molar-refractivity contribution in [3.8, 4) is 0 Å². The van der Waals surface area contributed by atoms with Crippen LogP contribution in [0.25, 0.3) is 0 Å². The van der Waals surface area contributed by atoms with Crippen molar-refractivity contribution in [2.75, 3.05) is 26.7 Å². The van der Waals surface area contributed by atoms with Gasteiger partial charge in [-0.15, -0.1) is 11.3 Å². The molecule has 106 valence electrons. The normalized spacial score (nSPS) is 22.2. The zero-order valence-electron chi connectivity index (χ0n) is 11.6. The first kappa shape index (κ1) is 14.5. The minimum atomic E-state index is -0.190. The van der Waals surface area contributed by atoms with Gasteiger partial charge in [-0.05, 0) is 43.9 Å². The summed E-state index contributed by atoms with van der Waals surface area (Å²) in [4.78, 5) is 17.2. The Labute approximate surface area is 118 Å². The van der Waals surface area contributed by atoms with E-state index in [0.29, 0.717) is 6.04 Å². The molecule has 1 unspecified atom stereocenters. The van der Waals surface area contributed by atoms with E-state index >= 15 is 0 Å². The third-order valence-electron chi connectivity index (χ3n) is 3.64. The Morgan fingerprint density at radius 1 is 1.58 bits per heavy atom. The van der Waals surface area contributed by atoms with Crippen molar-refractivity contribution >= 4 is 17.2 Å². The number of carbonyl (C=O) groups excluding carboxylic acids is 1. The van der Waals surface area contributed by atoms with Gasteiger partial charge in [0.25, 0.3) is 5.91 Å². The lowest BCUT2D eigenvalue weighted by Gasteiger charge is -2.27. The van der Waals surface area contributed by atoms with Gasteiger partial charge in [-0.3, -0.25) is 15.1 Å². The van der Waals surface area contributed by atoms with Crippen molar-refractivity contribution in [2.24, 2.45) is 5.84 Å². The van der Waals surface area contributed by atoms with Crippen molar-refractivity contribution in [3.63, 3.8) is 0 Å². The lowest BCUT2D eigenvalue weighted by Crippen LogP contribution is -2.38. The van der Waals surface area contributed by atoms with Crippen molar-refractivity contribution in [2.45, 2.75) is 25.9 Å². The topological polar surface area (TPSA) is 61.6 Å². The highest BCUT2D eigenvalue weighted by molar-refractivity contribution is 7.12. The number of carbonyl (C=O) groups is 1. The first-order valence-corrected chi connectivity index (χ1v) is 7.49. The third-order valence-corrected chi connectivity index (χ3v) is 4.60. The molecule has 1 aliphatic rings. The molecule has 0 saturated carbocycles. The predicted molar refractivity (Wildman–Crippen MR) is 78.0 cm³/mol. The second kappa shape index (κ2) is 6.47. The highest BCUT2D eigenvalue weighted by Gasteiger charge is 2.22. The average Bonchev–Trinajstić information content (AvgIpc) is 2.78. The summed E-state index contributed by atoms with van der Waals surface area (Å²) >= 11 is 1.45. The van der Waals surface area contributed by atoms with Gasteiger partial charge >= 0.3 is 0 Å². The minimum absolute atomic E-state index is 0.190. The molecule has 19 heavy (non-hydrogen) atoms. The number of nitrogen functional groups attached to an aromatic ring is 1. The second-order valence-electron chi connectivity index (χ2n) is 5.18. The van der Waals surface area contributed by atoms with Crippen LogP contribution in [-0.2, 0) is 6.54 Å². The molecule has 2 heterocycles. The fraction of sp³-hybridized carbons (Fsp3) is 0.615. The lowest BCUT2D eigenvalue weighted by atomic mass is 10.2. The zero-order chi connectivity index (χ0) is 13.8. The summed E-state index contributed by atoms with van der Waals surface area (Å²) in [5, 5.41) is 1.95. The Morgan fingerprint density at radius 3 is 3.11 bits per heavy atom. The molecular formula is C13H22N4OS. The number of hydrogen-bond donors (Lipinski definition) is 2. The quantitative estimate of drug-likeness (QED) is 0.491. The molecule has 6 heteroatoms. The molecule has 1 aliphatic heterocycles. The maximum absolute atomic E-state index is 11.7. The first-order chi connectivity index (χ1) is 9.11. The van der Waals surface area contributed by atoms with E-state index in [1.165, 1.54) is 17.8 Å². The fourth-order valence-corrected chi connectivity index (χ4v) is 3.42. The molecule has 3 N–H and O–H groups in total.